The van der Waals surface area contributed by atoms with Crippen LogP contribution in [0.15, 0.2) is 24.4 Å². The minimum atomic E-state index is -0.0386. The number of amides is 1. The number of aromatic nitrogens is 2. The van der Waals surface area contributed by atoms with Gasteiger partial charge in [-0.15, -0.1) is 0 Å². The van der Waals surface area contributed by atoms with Crippen molar-refractivity contribution in [1.29, 1.82) is 0 Å². The minimum Gasteiger partial charge on any atom is -0.352 e. The quantitative estimate of drug-likeness (QED) is 0.770. The van der Waals surface area contributed by atoms with Crippen molar-refractivity contribution in [1.82, 2.24) is 15.5 Å². The highest BCUT2D eigenvalue weighted by Crippen LogP contribution is 2.15. The number of carbonyl (C=O) groups excluding carboxylic acids is 1. The van der Waals surface area contributed by atoms with E-state index in [9.17, 15) is 4.79 Å². The van der Waals surface area contributed by atoms with Crippen molar-refractivity contribution in [3.63, 3.8) is 0 Å². The van der Waals surface area contributed by atoms with E-state index in [1.807, 2.05) is 18.2 Å². The van der Waals surface area contributed by atoms with Gasteiger partial charge in [0.2, 0.25) is 0 Å². The standard InChI is InChI=1S/C12H15N3O/c1-2-3-7-13-12(16)10-6-4-5-9-8-14-15-11(9)10/h4-6,8H,2-3,7H2,1H3,(H,13,16)(H,14,15). The zero-order valence-corrected chi connectivity index (χ0v) is 9.29. The number of rotatable bonds is 4. The molecule has 1 aromatic carbocycles. The van der Waals surface area contributed by atoms with E-state index in [1.165, 1.54) is 0 Å². The van der Waals surface area contributed by atoms with Gasteiger partial charge in [0, 0.05) is 11.9 Å². The fourth-order valence-electron chi connectivity index (χ4n) is 1.63. The average molecular weight is 217 g/mol. The molecule has 2 aromatic rings. The Morgan fingerprint density at radius 1 is 1.50 bits per heavy atom. The number of nitrogens with zero attached hydrogens (tertiary/aromatic N) is 1. The van der Waals surface area contributed by atoms with E-state index in [0.29, 0.717) is 5.56 Å². The number of benzene rings is 1. The summed E-state index contributed by atoms with van der Waals surface area (Å²) in [5, 5.41) is 10.6. The second-order valence-corrected chi connectivity index (χ2v) is 3.75. The molecule has 2 rings (SSSR count). The molecule has 0 radical (unpaired) electrons. The molecule has 1 aromatic heterocycles. The second kappa shape index (κ2) is 4.79. The maximum absolute atomic E-state index is 11.9. The van der Waals surface area contributed by atoms with Gasteiger partial charge in [0.25, 0.3) is 5.91 Å². The molecule has 2 N–H and O–H groups in total. The summed E-state index contributed by atoms with van der Waals surface area (Å²) in [5.74, 6) is -0.0386. The lowest BCUT2D eigenvalue weighted by molar-refractivity contribution is 0.0954. The number of hydrogen-bond acceptors (Lipinski definition) is 2. The van der Waals surface area contributed by atoms with E-state index >= 15 is 0 Å². The van der Waals surface area contributed by atoms with E-state index in [-0.39, 0.29) is 5.91 Å². The Bertz CT molecular complexity index is 490. The number of para-hydroxylation sites is 1. The summed E-state index contributed by atoms with van der Waals surface area (Å²) in [4.78, 5) is 11.9. The molecule has 0 saturated carbocycles. The van der Waals surface area contributed by atoms with Crippen molar-refractivity contribution < 1.29 is 4.79 Å². The Labute approximate surface area is 94.0 Å². The molecule has 0 atom stereocenters. The molecule has 84 valence electrons. The van der Waals surface area contributed by atoms with Crippen LogP contribution in [0.2, 0.25) is 0 Å². The molecule has 0 aliphatic rings. The molecule has 0 fully saturated rings. The van der Waals surface area contributed by atoms with Crippen molar-refractivity contribution in [2.75, 3.05) is 6.54 Å². The molecule has 0 unspecified atom stereocenters. The summed E-state index contributed by atoms with van der Waals surface area (Å²) in [6.07, 6.45) is 3.80. The van der Waals surface area contributed by atoms with E-state index < -0.39 is 0 Å². The molecule has 0 spiro atoms. The van der Waals surface area contributed by atoms with Crippen molar-refractivity contribution in [2.24, 2.45) is 0 Å². The Balaban J connectivity index is 2.19. The molecule has 0 aliphatic heterocycles. The van der Waals surface area contributed by atoms with Gasteiger partial charge in [-0.05, 0) is 12.5 Å². The Hall–Kier alpha value is -1.84. The summed E-state index contributed by atoms with van der Waals surface area (Å²) in [5.41, 5.74) is 1.46. The van der Waals surface area contributed by atoms with Gasteiger partial charge in [-0.25, -0.2) is 0 Å². The van der Waals surface area contributed by atoms with Gasteiger partial charge >= 0.3 is 0 Å². The first kappa shape index (κ1) is 10.7. The lowest BCUT2D eigenvalue weighted by Crippen LogP contribution is -2.24. The third-order valence-electron chi connectivity index (χ3n) is 2.54. The summed E-state index contributed by atoms with van der Waals surface area (Å²) >= 11 is 0. The van der Waals surface area contributed by atoms with Crippen LogP contribution in [0.4, 0.5) is 0 Å². The smallest absolute Gasteiger partial charge is 0.253 e. The van der Waals surface area contributed by atoms with Crippen LogP contribution < -0.4 is 5.32 Å². The van der Waals surface area contributed by atoms with E-state index in [1.54, 1.807) is 6.20 Å². The highest BCUT2D eigenvalue weighted by molar-refractivity contribution is 6.05. The van der Waals surface area contributed by atoms with E-state index in [4.69, 9.17) is 0 Å². The fourth-order valence-corrected chi connectivity index (χ4v) is 1.63. The number of hydrogen-bond donors (Lipinski definition) is 2. The maximum Gasteiger partial charge on any atom is 0.253 e. The summed E-state index contributed by atoms with van der Waals surface area (Å²) in [6.45, 7) is 2.82. The van der Waals surface area contributed by atoms with Gasteiger partial charge in [-0.1, -0.05) is 25.5 Å². The number of unbranched alkanes of at least 4 members (excludes halogenated alkanes) is 1. The molecule has 0 aliphatic carbocycles. The molecular weight excluding hydrogens is 202 g/mol. The van der Waals surface area contributed by atoms with Crippen molar-refractivity contribution in [2.45, 2.75) is 19.8 Å². The first-order chi connectivity index (χ1) is 7.83. The summed E-state index contributed by atoms with van der Waals surface area (Å²) in [6, 6.07) is 5.61. The molecule has 1 heterocycles. The van der Waals surface area contributed by atoms with Gasteiger partial charge in [0.1, 0.15) is 0 Å². The van der Waals surface area contributed by atoms with Crippen molar-refractivity contribution >= 4 is 16.8 Å². The lowest BCUT2D eigenvalue weighted by atomic mass is 10.1. The van der Waals surface area contributed by atoms with Gasteiger partial charge in [0.15, 0.2) is 0 Å². The predicted molar refractivity (Wildman–Crippen MR) is 63.3 cm³/mol. The summed E-state index contributed by atoms with van der Waals surface area (Å²) in [7, 11) is 0. The minimum absolute atomic E-state index is 0.0386. The maximum atomic E-state index is 11.9. The van der Waals surface area contributed by atoms with Crippen LogP contribution in [0, 0.1) is 0 Å². The molecule has 4 nitrogen and oxygen atoms in total. The van der Waals surface area contributed by atoms with Gasteiger partial charge < -0.3 is 5.32 Å². The Morgan fingerprint density at radius 2 is 2.38 bits per heavy atom. The predicted octanol–water partition coefficient (Wildman–Crippen LogP) is 2.09. The molecule has 4 heteroatoms. The van der Waals surface area contributed by atoms with Crippen LogP contribution in [0.5, 0.6) is 0 Å². The Morgan fingerprint density at radius 3 is 3.19 bits per heavy atom. The molecule has 16 heavy (non-hydrogen) atoms. The third kappa shape index (κ3) is 2.05. The highest BCUT2D eigenvalue weighted by Gasteiger charge is 2.09. The zero-order valence-electron chi connectivity index (χ0n) is 9.29. The average Bonchev–Trinajstić information content (AvgIpc) is 2.76. The van der Waals surface area contributed by atoms with Crippen molar-refractivity contribution in [3.8, 4) is 0 Å². The number of aromatic amines is 1. The van der Waals surface area contributed by atoms with Gasteiger partial charge in [-0.2, -0.15) is 5.10 Å². The SMILES string of the molecule is CCCCNC(=O)c1cccc2cn[nH]c12. The number of H-pyrrole nitrogens is 1. The first-order valence-electron chi connectivity index (χ1n) is 5.53. The number of nitrogens with one attached hydrogen (secondary N) is 2. The van der Waals surface area contributed by atoms with Gasteiger partial charge in [-0.3, -0.25) is 9.89 Å². The lowest BCUT2D eigenvalue weighted by Gasteiger charge is -2.04. The molecule has 1 amide bonds. The van der Waals surface area contributed by atoms with E-state index in [0.717, 1.165) is 30.3 Å². The summed E-state index contributed by atoms with van der Waals surface area (Å²) < 4.78 is 0. The van der Waals surface area contributed by atoms with E-state index in [2.05, 4.69) is 22.4 Å². The zero-order chi connectivity index (χ0) is 11.4. The van der Waals surface area contributed by atoms with Crippen LogP contribution in [0.1, 0.15) is 30.1 Å². The van der Waals surface area contributed by atoms with Crippen molar-refractivity contribution in [3.05, 3.63) is 30.0 Å². The van der Waals surface area contributed by atoms with Gasteiger partial charge in [0.05, 0.1) is 17.3 Å². The molecule has 0 bridgehead atoms. The number of carbonyl (C=O) groups is 1. The van der Waals surface area contributed by atoms with Crippen LogP contribution in [-0.2, 0) is 0 Å². The second-order valence-electron chi connectivity index (χ2n) is 3.75. The monoisotopic (exact) mass is 217 g/mol. The van der Waals surface area contributed by atoms with Crippen LogP contribution in [0.25, 0.3) is 10.9 Å². The highest BCUT2D eigenvalue weighted by atomic mass is 16.1. The largest absolute Gasteiger partial charge is 0.352 e. The van der Waals surface area contributed by atoms with Crippen LogP contribution in [0.3, 0.4) is 0 Å². The number of fused-ring (bicyclic) bond motifs is 1. The third-order valence-corrected chi connectivity index (χ3v) is 2.54. The fraction of sp³-hybridized carbons (Fsp3) is 0.333. The topological polar surface area (TPSA) is 57.8 Å². The normalized spacial score (nSPS) is 10.6. The molecule has 0 saturated heterocycles. The molecular formula is C12H15N3O. The first-order valence-corrected chi connectivity index (χ1v) is 5.53. The van der Waals surface area contributed by atoms with Crippen LogP contribution in [-0.4, -0.2) is 22.6 Å². The van der Waals surface area contributed by atoms with Crippen LogP contribution >= 0.6 is 0 Å². The Kier molecular flexibility index (Phi) is 3.19.